The number of H-pyrrole nitrogens is 2. The Hall–Kier alpha value is -4.46. The number of nitrogens with one attached hydrogen (secondary N) is 4. The second-order valence-electron chi connectivity index (χ2n) is 8.13. The van der Waals surface area contributed by atoms with E-state index in [4.69, 9.17) is 0 Å². The normalized spacial score (nSPS) is 12.0. The highest BCUT2D eigenvalue weighted by atomic mass is 16.2. The number of aromatic amines is 2. The quantitative estimate of drug-likeness (QED) is 0.266. The zero-order chi connectivity index (χ0) is 23.3. The Balaban J connectivity index is 1.25. The molecule has 0 saturated heterocycles. The van der Waals surface area contributed by atoms with Gasteiger partial charge in [-0.2, -0.15) is 10.2 Å². The summed E-state index contributed by atoms with van der Waals surface area (Å²) in [6.07, 6.45) is 1.35. The number of rotatable bonds is 8. The van der Waals surface area contributed by atoms with E-state index in [1.807, 2.05) is 78.9 Å². The van der Waals surface area contributed by atoms with Gasteiger partial charge in [0.15, 0.2) is 11.6 Å². The van der Waals surface area contributed by atoms with Gasteiger partial charge in [-0.3, -0.25) is 19.8 Å². The fraction of sp³-hybridized carbons (Fsp3) is 0.154. The molecule has 2 aromatic heterocycles. The third-order valence-electron chi connectivity index (χ3n) is 5.86. The van der Waals surface area contributed by atoms with Crippen LogP contribution in [0.1, 0.15) is 30.7 Å². The lowest BCUT2D eigenvalue weighted by Crippen LogP contribution is -2.22. The number of para-hydroxylation sites is 2. The summed E-state index contributed by atoms with van der Waals surface area (Å²) >= 11 is 0. The van der Waals surface area contributed by atoms with Gasteiger partial charge in [0.1, 0.15) is 0 Å². The van der Waals surface area contributed by atoms with E-state index in [-0.39, 0.29) is 18.2 Å². The van der Waals surface area contributed by atoms with Crippen molar-refractivity contribution in [2.24, 2.45) is 0 Å². The first-order chi connectivity index (χ1) is 16.7. The van der Waals surface area contributed by atoms with E-state index in [0.29, 0.717) is 24.5 Å². The first kappa shape index (κ1) is 21.4. The minimum absolute atomic E-state index is 0.136. The Morgan fingerprint density at radius 1 is 0.735 bits per heavy atom. The van der Waals surface area contributed by atoms with E-state index < -0.39 is 5.92 Å². The van der Waals surface area contributed by atoms with Gasteiger partial charge < -0.3 is 10.6 Å². The Bertz CT molecular complexity index is 1440. The number of fused-ring (bicyclic) bond motifs is 2. The van der Waals surface area contributed by atoms with Gasteiger partial charge in [0.2, 0.25) is 11.8 Å². The van der Waals surface area contributed by atoms with Gasteiger partial charge in [-0.1, -0.05) is 54.6 Å². The number of carbonyl (C=O) groups excluding carboxylic acids is 2. The number of hydrogen-bond donors (Lipinski definition) is 4. The average molecular weight is 453 g/mol. The van der Waals surface area contributed by atoms with Gasteiger partial charge in [0, 0.05) is 17.2 Å². The van der Waals surface area contributed by atoms with Crippen LogP contribution >= 0.6 is 0 Å². The number of benzene rings is 3. The number of hydrogen-bond acceptors (Lipinski definition) is 4. The highest BCUT2D eigenvalue weighted by Crippen LogP contribution is 2.27. The van der Waals surface area contributed by atoms with Crippen molar-refractivity contribution in [2.45, 2.75) is 25.2 Å². The molecule has 4 N–H and O–H groups in total. The maximum absolute atomic E-state index is 13.3. The summed E-state index contributed by atoms with van der Waals surface area (Å²) in [4.78, 5) is 25.8. The van der Waals surface area contributed by atoms with Crippen LogP contribution in [0, 0.1) is 0 Å². The number of carbonyl (C=O) groups is 2. The predicted octanol–water partition coefficient (Wildman–Crippen LogP) is 4.97. The molecule has 8 nitrogen and oxygen atoms in total. The van der Waals surface area contributed by atoms with Gasteiger partial charge >= 0.3 is 0 Å². The van der Waals surface area contributed by atoms with Crippen LogP contribution in [0.25, 0.3) is 21.8 Å². The molecular weight excluding hydrogens is 428 g/mol. The van der Waals surface area contributed by atoms with E-state index >= 15 is 0 Å². The molecule has 0 spiro atoms. The molecular formula is C26H24N6O2. The Kier molecular flexibility index (Phi) is 6.03. The summed E-state index contributed by atoms with van der Waals surface area (Å²) in [6, 6.07) is 24.9. The van der Waals surface area contributed by atoms with Gasteiger partial charge in [-0.05, 0) is 42.7 Å². The van der Waals surface area contributed by atoms with Gasteiger partial charge in [-0.15, -0.1) is 0 Å². The Morgan fingerprint density at radius 2 is 1.29 bits per heavy atom. The van der Waals surface area contributed by atoms with Crippen molar-refractivity contribution in [3.05, 3.63) is 84.4 Å². The fourth-order valence-corrected chi connectivity index (χ4v) is 4.12. The molecule has 3 aromatic carbocycles. The summed E-state index contributed by atoms with van der Waals surface area (Å²) in [6.45, 7) is 0. The molecule has 1 atom stereocenters. The molecule has 0 aliphatic carbocycles. The first-order valence-corrected chi connectivity index (χ1v) is 11.2. The number of nitrogens with zero attached hydrogens (tertiary/aromatic N) is 2. The number of amides is 2. The van der Waals surface area contributed by atoms with Crippen molar-refractivity contribution in [1.29, 1.82) is 0 Å². The summed E-state index contributed by atoms with van der Waals surface area (Å²) < 4.78 is 0. The van der Waals surface area contributed by atoms with E-state index in [1.54, 1.807) is 0 Å². The Morgan fingerprint density at radius 3 is 1.94 bits per heavy atom. The SMILES string of the molecule is O=C(CCCC(C(=O)Nc1n[nH]c2ccccc12)c1ccccc1)Nc1n[nH]c2ccccc12. The molecule has 0 fully saturated rings. The summed E-state index contributed by atoms with van der Waals surface area (Å²) in [5, 5.41) is 21.8. The molecule has 0 aliphatic heterocycles. The third-order valence-corrected chi connectivity index (χ3v) is 5.86. The lowest BCUT2D eigenvalue weighted by atomic mass is 9.92. The van der Waals surface area contributed by atoms with Crippen LogP contribution in [-0.2, 0) is 9.59 Å². The molecule has 0 bridgehead atoms. The lowest BCUT2D eigenvalue weighted by Gasteiger charge is -2.16. The van der Waals surface area contributed by atoms with Crippen molar-refractivity contribution >= 4 is 45.3 Å². The maximum Gasteiger partial charge on any atom is 0.233 e. The molecule has 5 rings (SSSR count). The summed E-state index contributed by atoms with van der Waals surface area (Å²) in [7, 11) is 0. The molecule has 8 heteroatoms. The molecule has 2 amide bonds. The minimum atomic E-state index is -0.407. The van der Waals surface area contributed by atoms with Crippen LogP contribution in [-0.4, -0.2) is 32.2 Å². The topological polar surface area (TPSA) is 116 Å². The number of aromatic nitrogens is 4. The van der Waals surface area contributed by atoms with Crippen molar-refractivity contribution in [3.63, 3.8) is 0 Å². The van der Waals surface area contributed by atoms with Crippen molar-refractivity contribution in [2.75, 3.05) is 10.6 Å². The largest absolute Gasteiger partial charge is 0.309 e. The summed E-state index contributed by atoms with van der Waals surface area (Å²) in [5.41, 5.74) is 2.62. The standard InChI is InChI=1S/C26H24N6O2/c33-23(27-24-19-11-4-6-14-21(19)29-31-24)16-8-13-18(17-9-2-1-3-10-17)26(34)28-25-20-12-5-7-15-22(20)30-32-25/h1-7,9-12,14-15,18H,8,13,16H2,(H2,27,29,31,33)(H2,28,30,32,34). The highest BCUT2D eigenvalue weighted by Gasteiger charge is 2.22. The smallest absolute Gasteiger partial charge is 0.233 e. The number of anilines is 2. The zero-order valence-corrected chi connectivity index (χ0v) is 18.4. The molecule has 0 aliphatic rings. The van der Waals surface area contributed by atoms with E-state index in [0.717, 1.165) is 27.4 Å². The molecule has 0 radical (unpaired) electrons. The average Bonchev–Trinajstić information content (AvgIpc) is 3.47. The fourth-order valence-electron chi connectivity index (χ4n) is 4.12. The molecule has 0 saturated carbocycles. The van der Waals surface area contributed by atoms with Gasteiger partial charge in [-0.25, -0.2) is 0 Å². The summed E-state index contributed by atoms with van der Waals surface area (Å²) in [5.74, 6) is 0.327. The van der Waals surface area contributed by atoms with Gasteiger partial charge in [0.25, 0.3) is 0 Å². The second-order valence-corrected chi connectivity index (χ2v) is 8.13. The van der Waals surface area contributed by atoms with Crippen molar-refractivity contribution in [1.82, 2.24) is 20.4 Å². The van der Waals surface area contributed by atoms with Crippen LogP contribution in [0.3, 0.4) is 0 Å². The van der Waals surface area contributed by atoms with Crippen LogP contribution in [0.15, 0.2) is 78.9 Å². The van der Waals surface area contributed by atoms with Crippen LogP contribution in [0.4, 0.5) is 11.6 Å². The molecule has 1 unspecified atom stereocenters. The van der Waals surface area contributed by atoms with Gasteiger partial charge in [0.05, 0.1) is 17.0 Å². The monoisotopic (exact) mass is 452 g/mol. The molecule has 170 valence electrons. The first-order valence-electron chi connectivity index (χ1n) is 11.2. The molecule has 34 heavy (non-hydrogen) atoms. The Labute approximate surface area is 195 Å². The van der Waals surface area contributed by atoms with Crippen LogP contribution in [0.5, 0.6) is 0 Å². The predicted molar refractivity (Wildman–Crippen MR) is 132 cm³/mol. The van der Waals surface area contributed by atoms with E-state index in [2.05, 4.69) is 31.0 Å². The van der Waals surface area contributed by atoms with E-state index in [9.17, 15) is 9.59 Å². The van der Waals surface area contributed by atoms with Crippen LogP contribution < -0.4 is 10.6 Å². The van der Waals surface area contributed by atoms with Crippen LogP contribution in [0.2, 0.25) is 0 Å². The third kappa shape index (κ3) is 4.52. The maximum atomic E-state index is 13.3. The second kappa shape index (κ2) is 9.58. The lowest BCUT2D eigenvalue weighted by molar-refractivity contribution is -0.119. The highest BCUT2D eigenvalue weighted by molar-refractivity contribution is 6.02. The molecule has 5 aromatic rings. The molecule has 2 heterocycles. The van der Waals surface area contributed by atoms with E-state index in [1.165, 1.54) is 0 Å². The van der Waals surface area contributed by atoms with Crippen molar-refractivity contribution < 1.29 is 9.59 Å². The minimum Gasteiger partial charge on any atom is -0.309 e. The zero-order valence-electron chi connectivity index (χ0n) is 18.4. The van der Waals surface area contributed by atoms with Crippen molar-refractivity contribution in [3.8, 4) is 0 Å².